The van der Waals surface area contributed by atoms with Crippen molar-refractivity contribution in [2.24, 2.45) is 0 Å². The van der Waals surface area contributed by atoms with Crippen molar-refractivity contribution in [2.75, 3.05) is 33.2 Å². The fourth-order valence-electron chi connectivity index (χ4n) is 1.02. The van der Waals surface area contributed by atoms with Gasteiger partial charge in [-0.05, 0) is 12.1 Å². The highest BCUT2D eigenvalue weighted by Gasteiger charge is 2.01. The first-order valence-electron chi connectivity index (χ1n) is 4.33. The zero-order valence-electron chi connectivity index (χ0n) is 8.86. The Labute approximate surface area is 95.7 Å². The first kappa shape index (κ1) is 13.9. The van der Waals surface area contributed by atoms with Crippen molar-refractivity contribution in [1.29, 1.82) is 0 Å². The van der Waals surface area contributed by atoms with Gasteiger partial charge in [-0.25, -0.2) is 0 Å². The average Bonchev–Trinajstić information content (AvgIpc) is 2.21. The number of ether oxygens (including phenoxy) is 3. The molecule has 0 fully saturated rings. The Bertz CT molecular complexity index is 294. The summed E-state index contributed by atoms with van der Waals surface area (Å²) in [4.78, 5) is 0. The molecule has 0 amide bonds. The first-order chi connectivity index (χ1) is 6.77. The second-order valence-electron chi connectivity index (χ2n) is 2.75. The zero-order valence-corrected chi connectivity index (χ0v) is 9.67. The predicted molar refractivity (Wildman–Crippen MR) is 62.0 cm³/mol. The molecular formula is C10H16ClNO3. The van der Waals surface area contributed by atoms with Crippen molar-refractivity contribution < 1.29 is 14.2 Å². The van der Waals surface area contributed by atoms with Crippen molar-refractivity contribution in [1.82, 2.24) is 0 Å². The average molecular weight is 234 g/mol. The Morgan fingerprint density at radius 3 is 2.53 bits per heavy atom. The second-order valence-corrected chi connectivity index (χ2v) is 2.75. The van der Waals surface area contributed by atoms with Crippen LogP contribution in [0.15, 0.2) is 18.2 Å². The maximum Gasteiger partial charge on any atom is 0.145 e. The summed E-state index contributed by atoms with van der Waals surface area (Å²) >= 11 is 0. The highest BCUT2D eigenvalue weighted by atomic mass is 35.5. The van der Waals surface area contributed by atoms with Gasteiger partial charge >= 0.3 is 0 Å². The minimum Gasteiger partial charge on any atom is -0.494 e. The molecule has 4 nitrogen and oxygen atoms in total. The smallest absolute Gasteiger partial charge is 0.145 e. The van der Waals surface area contributed by atoms with E-state index in [0.29, 0.717) is 24.7 Å². The lowest BCUT2D eigenvalue weighted by molar-refractivity contribution is 0.146. The van der Waals surface area contributed by atoms with E-state index in [0.717, 1.165) is 5.75 Å². The minimum atomic E-state index is 0. The zero-order chi connectivity index (χ0) is 10.4. The van der Waals surface area contributed by atoms with Gasteiger partial charge in [-0.1, -0.05) is 0 Å². The molecule has 1 aromatic carbocycles. The van der Waals surface area contributed by atoms with E-state index in [1.807, 2.05) is 0 Å². The van der Waals surface area contributed by atoms with E-state index in [1.54, 1.807) is 32.4 Å². The van der Waals surface area contributed by atoms with Crippen LogP contribution in [0.4, 0.5) is 5.69 Å². The van der Waals surface area contributed by atoms with E-state index in [1.165, 1.54) is 0 Å². The summed E-state index contributed by atoms with van der Waals surface area (Å²) < 4.78 is 15.3. The monoisotopic (exact) mass is 233 g/mol. The van der Waals surface area contributed by atoms with Crippen LogP contribution in [0, 0.1) is 0 Å². The van der Waals surface area contributed by atoms with Crippen molar-refractivity contribution in [3.8, 4) is 11.5 Å². The quantitative estimate of drug-likeness (QED) is 0.622. The largest absolute Gasteiger partial charge is 0.494 e. The molecule has 0 spiro atoms. The summed E-state index contributed by atoms with van der Waals surface area (Å²) in [6, 6.07) is 5.31. The standard InChI is InChI=1S/C10H15NO3.ClH/c1-12-5-6-14-8-3-4-9(11)10(7-8)13-2;/h3-4,7H,5-6,11H2,1-2H3;1H. The van der Waals surface area contributed by atoms with Crippen LogP contribution in [0.5, 0.6) is 11.5 Å². The molecule has 0 aliphatic heterocycles. The van der Waals surface area contributed by atoms with Crippen LogP contribution in [0.3, 0.4) is 0 Å². The van der Waals surface area contributed by atoms with E-state index < -0.39 is 0 Å². The molecule has 0 heterocycles. The van der Waals surface area contributed by atoms with Crippen LogP contribution < -0.4 is 15.2 Å². The lowest BCUT2D eigenvalue weighted by Crippen LogP contribution is -2.04. The number of halogens is 1. The molecule has 86 valence electrons. The summed E-state index contributed by atoms with van der Waals surface area (Å²) in [5, 5.41) is 0. The molecule has 1 rings (SSSR count). The number of hydrogen-bond donors (Lipinski definition) is 1. The van der Waals surface area contributed by atoms with Crippen molar-refractivity contribution in [2.45, 2.75) is 0 Å². The molecule has 2 N–H and O–H groups in total. The maximum atomic E-state index is 5.65. The van der Waals surface area contributed by atoms with Gasteiger partial charge in [0.2, 0.25) is 0 Å². The highest BCUT2D eigenvalue weighted by molar-refractivity contribution is 5.85. The van der Waals surface area contributed by atoms with Crippen LogP contribution in [-0.2, 0) is 4.74 Å². The Kier molecular flexibility index (Phi) is 6.66. The van der Waals surface area contributed by atoms with Gasteiger partial charge in [0.15, 0.2) is 0 Å². The summed E-state index contributed by atoms with van der Waals surface area (Å²) in [6.45, 7) is 1.08. The molecule has 5 heteroatoms. The fourth-order valence-corrected chi connectivity index (χ4v) is 1.02. The number of rotatable bonds is 5. The number of hydrogen-bond acceptors (Lipinski definition) is 4. The number of anilines is 1. The van der Waals surface area contributed by atoms with Gasteiger partial charge in [-0.3, -0.25) is 0 Å². The van der Waals surface area contributed by atoms with Crippen molar-refractivity contribution >= 4 is 18.1 Å². The van der Waals surface area contributed by atoms with Gasteiger partial charge in [-0.2, -0.15) is 0 Å². The fraction of sp³-hybridized carbons (Fsp3) is 0.400. The van der Waals surface area contributed by atoms with Gasteiger partial charge in [0.05, 0.1) is 19.4 Å². The van der Waals surface area contributed by atoms with Gasteiger partial charge in [0.25, 0.3) is 0 Å². The SMILES string of the molecule is COCCOc1ccc(N)c(OC)c1.Cl. The molecule has 0 saturated carbocycles. The van der Waals surface area contributed by atoms with Gasteiger partial charge in [0, 0.05) is 13.2 Å². The highest BCUT2D eigenvalue weighted by Crippen LogP contribution is 2.26. The molecule has 1 aromatic rings. The summed E-state index contributed by atoms with van der Waals surface area (Å²) in [5.74, 6) is 1.35. The number of nitrogen functional groups attached to an aromatic ring is 1. The Morgan fingerprint density at radius 2 is 1.93 bits per heavy atom. The van der Waals surface area contributed by atoms with Crippen molar-refractivity contribution in [3.63, 3.8) is 0 Å². The molecular weight excluding hydrogens is 218 g/mol. The summed E-state index contributed by atoms with van der Waals surface area (Å²) in [7, 11) is 3.21. The molecule has 0 unspecified atom stereocenters. The molecule has 0 radical (unpaired) electrons. The van der Waals surface area contributed by atoms with Crippen LogP contribution in [-0.4, -0.2) is 27.4 Å². The Morgan fingerprint density at radius 1 is 1.20 bits per heavy atom. The normalized spacial score (nSPS) is 9.20. The Balaban J connectivity index is 0.00000196. The molecule has 0 saturated heterocycles. The topological polar surface area (TPSA) is 53.7 Å². The summed E-state index contributed by atoms with van der Waals surface area (Å²) in [5.41, 5.74) is 6.25. The third-order valence-electron chi connectivity index (χ3n) is 1.76. The van der Waals surface area contributed by atoms with Crippen molar-refractivity contribution in [3.05, 3.63) is 18.2 Å². The maximum absolute atomic E-state index is 5.65. The lowest BCUT2D eigenvalue weighted by atomic mass is 10.3. The van der Waals surface area contributed by atoms with E-state index >= 15 is 0 Å². The molecule has 0 aromatic heterocycles. The van der Waals surface area contributed by atoms with E-state index in [2.05, 4.69) is 0 Å². The molecule has 0 aliphatic rings. The van der Waals surface area contributed by atoms with Crippen LogP contribution in [0.25, 0.3) is 0 Å². The van der Waals surface area contributed by atoms with Gasteiger partial charge in [-0.15, -0.1) is 12.4 Å². The van der Waals surface area contributed by atoms with Crippen LogP contribution >= 0.6 is 12.4 Å². The van der Waals surface area contributed by atoms with Gasteiger partial charge in [0.1, 0.15) is 18.1 Å². The van der Waals surface area contributed by atoms with E-state index in [4.69, 9.17) is 19.9 Å². The number of nitrogens with two attached hydrogens (primary N) is 1. The molecule has 15 heavy (non-hydrogen) atoms. The third-order valence-corrected chi connectivity index (χ3v) is 1.76. The Hall–Kier alpha value is -1.13. The lowest BCUT2D eigenvalue weighted by Gasteiger charge is -2.08. The predicted octanol–water partition coefficient (Wildman–Crippen LogP) is 1.72. The van der Waals surface area contributed by atoms with Crippen LogP contribution in [0.2, 0.25) is 0 Å². The third kappa shape index (κ3) is 4.27. The second kappa shape index (κ2) is 7.20. The van der Waals surface area contributed by atoms with Crippen LogP contribution in [0.1, 0.15) is 0 Å². The molecule has 0 aliphatic carbocycles. The molecule has 0 bridgehead atoms. The van der Waals surface area contributed by atoms with E-state index in [-0.39, 0.29) is 12.4 Å². The first-order valence-corrected chi connectivity index (χ1v) is 4.33. The minimum absolute atomic E-state index is 0. The number of benzene rings is 1. The molecule has 0 atom stereocenters. The van der Waals surface area contributed by atoms with Gasteiger partial charge < -0.3 is 19.9 Å². The number of methoxy groups -OCH3 is 2. The van der Waals surface area contributed by atoms with E-state index in [9.17, 15) is 0 Å². The summed E-state index contributed by atoms with van der Waals surface area (Å²) in [6.07, 6.45) is 0.